The van der Waals surface area contributed by atoms with Crippen LogP contribution in [0.1, 0.15) is 19.8 Å². The van der Waals surface area contributed by atoms with Gasteiger partial charge in [0.25, 0.3) is 0 Å². The van der Waals surface area contributed by atoms with Crippen LogP contribution in [-0.4, -0.2) is 19.0 Å². The zero-order valence-corrected chi connectivity index (χ0v) is 5.80. The Labute approximate surface area is 56.2 Å². The van der Waals surface area contributed by atoms with E-state index in [1.807, 2.05) is 0 Å². The molecule has 2 atom stereocenters. The van der Waals surface area contributed by atoms with Crippen LogP contribution >= 0.6 is 0 Å². The van der Waals surface area contributed by atoms with Crippen molar-refractivity contribution in [1.29, 1.82) is 0 Å². The van der Waals surface area contributed by atoms with E-state index in [1.165, 1.54) is 0 Å². The first-order valence-electron chi connectivity index (χ1n) is 3.43. The highest BCUT2D eigenvalue weighted by Crippen LogP contribution is 2.15. The average molecular weight is 129 g/mol. The van der Waals surface area contributed by atoms with Gasteiger partial charge in [-0.25, -0.2) is 0 Å². The van der Waals surface area contributed by atoms with Crippen molar-refractivity contribution in [2.24, 2.45) is 0 Å². The van der Waals surface area contributed by atoms with Crippen LogP contribution < -0.4 is 0 Å². The average Bonchev–Trinajstić information content (AvgIpc) is 2.34. The highest BCUT2D eigenvalue weighted by Gasteiger charge is 2.22. The molecule has 0 aromatic heterocycles. The van der Waals surface area contributed by atoms with Crippen LogP contribution in [0.4, 0.5) is 0 Å². The van der Waals surface area contributed by atoms with E-state index in [4.69, 9.17) is 9.47 Å². The molecule has 1 radical (unpaired) electrons. The Morgan fingerprint density at radius 2 is 2.44 bits per heavy atom. The smallest absolute Gasteiger partial charge is 0.158 e. The fourth-order valence-corrected chi connectivity index (χ4v) is 0.873. The molecule has 2 heteroatoms. The predicted octanol–water partition coefficient (Wildman–Crippen LogP) is 1.36. The number of hydrogen-bond donors (Lipinski definition) is 0. The largest absolute Gasteiger partial charge is 0.350 e. The molecular formula is C7H13O2. The molecule has 0 saturated carbocycles. The summed E-state index contributed by atoms with van der Waals surface area (Å²) in [5.41, 5.74) is 0. The van der Waals surface area contributed by atoms with Gasteiger partial charge in [0.05, 0.1) is 12.7 Å². The minimum atomic E-state index is -0.0325. The Kier molecular flexibility index (Phi) is 2.49. The number of hydrogen-bond acceptors (Lipinski definition) is 2. The van der Waals surface area contributed by atoms with E-state index in [-0.39, 0.29) is 6.29 Å². The first kappa shape index (κ1) is 7.03. The van der Waals surface area contributed by atoms with E-state index < -0.39 is 0 Å². The van der Waals surface area contributed by atoms with Gasteiger partial charge in [-0.05, 0) is 19.8 Å². The zero-order valence-electron chi connectivity index (χ0n) is 5.80. The van der Waals surface area contributed by atoms with Gasteiger partial charge in [0.1, 0.15) is 0 Å². The third kappa shape index (κ3) is 1.66. The molecule has 0 N–H and O–H groups in total. The molecule has 0 aromatic rings. The van der Waals surface area contributed by atoms with Crippen LogP contribution in [-0.2, 0) is 9.47 Å². The number of rotatable bonds is 2. The maximum Gasteiger partial charge on any atom is 0.158 e. The topological polar surface area (TPSA) is 18.5 Å². The van der Waals surface area contributed by atoms with Crippen molar-refractivity contribution >= 4 is 0 Å². The van der Waals surface area contributed by atoms with E-state index in [1.54, 1.807) is 0 Å². The summed E-state index contributed by atoms with van der Waals surface area (Å²) in [5.74, 6) is 0. The predicted molar refractivity (Wildman–Crippen MR) is 34.9 cm³/mol. The molecule has 1 heterocycles. The van der Waals surface area contributed by atoms with Gasteiger partial charge in [-0.2, -0.15) is 0 Å². The minimum absolute atomic E-state index is 0.0325. The summed E-state index contributed by atoms with van der Waals surface area (Å²) in [6.07, 6.45) is 2.04. The van der Waals surface area contributed by atoms with Gasteiger partial charge < -0.3 is 9.47 Å². The molecule has 1 aliphatic heterocycles. The second-order valence-electron chi connectivity index (χ2n) is 2.22. The van der Waals surface area contributed by atoms with Crippen molar-refractivity contribution in [2.45, 2.75) is 32.2 Å². The first-order chi connectivity index (χ1) is 4.36. The summed E-state index contributed by atoms with van der Waals surface area (Å²) in [4.78, 5) is 0. The lowest BCUT2D eigenvalue weighted by Crippen LogP contribution is -2.09. The summed E-state index contributed by atoms with van der Waals surface area (Å²) in [5, 5.41) is 0. The summed E-state index contributed by atoms with van der Waals surface area (Å²) in [7, 11) is 0. The lowest BCUT2D eigenvalue weighted by atomic mass is 10.3. The Balaban J connectivity index is 2.20. The zero-order chi connectivity index (χ0) is 6.69. The highest BCUT2D eigenvalue weighted by atomic mass is 16.7. The molecule has 0 aromatic carbocycles. The molecule has 1 rings (SSSR count). The van der Waals surface area contributed by atoms with Crippen molar-refractivity contribution in [3.05, 3.63) is 6.92 Å². The molecule has 0 amide bonds. The monoisotopic (exact) mass is 129 g/mol. The molecule has 1 saturated heterocycles. The van der Waals surface area contributed by atoms with Crippen LogP contribution in [0.3, 0.4) is 0 Å². The Morgan fingerprint density at radius 3 is 2.78 bits per heavy atom. The van der Waals surface area contributed by atoms with Crippen LogP contribution in [0.5, 0.6) is 0 Å². The van der Waals surface area contributed by atoms with E-state index in [2.05, 4.69) is 13.8 Å². The molecule has 0 spiro atoms. The fraction of sp³-hybridized carbons (Fsp3) is 0.857. The molecule has 53 valence electrons. The SMILES string of the molecule is [CH2]CC1OCC(CC)O1. The summed E-state index contributed by atoms with van der Waals surface area (Å²) >= 11 is 0. The summed E-state index contributed by atoms with van der Waals surface area (Å²) < 4.78 is 10.6. The van der Waals surface area contributed by atoms with E-state index in [0.29, 0.717) is 6.10 Å². The van der Waals surface area contributed by atoms with Crippen LogP contribution in [0.25, 0.3) is 0 Å². The summed E-state index contributed by atoms with van der Waals surface area (Å²) in [6.45, 7) is 6.53. The second kappa shape index (κ2) is 3.18. The molecule has 1 aliphatic rings. The Hall–Kier alpha value is -0.0800. The third-order valence-corrected chi connectivity index (χ3v) is 1.50. The van der Waals surface area contributed by atoms with Crippen molar-refractivity contribution in [2.75, 3.05) is 6.61 Å². The van der Waals surface area contributed by atoms with E-state index >= 15 is 0 Å². The van der Waals surface area contributed by atoms with Gasteiger partial charge in [0.15, 0.2) is 6.29 Å². The maximum atomic E-state index is 5.38. The quantitative estimate of drug-likeness (QED) is 0.560. The van der Waals surface area contributed by atoms with E-state index in [0.717, 1.165) is 19.4 Å². The molecule has 1 fully saturated rings. The Bertz CT molecular complexity index is 73.0. The van der Waals surface area contributed by atoms with Crippen LogP contribution in [0, 0.1) is 6.92 Å². The highest BCUT2D eigenvalue weighted by molar-refractivity contribution is 4.63. The molecule has 0 aliphatic carbocycles. The third-order valence-electron chi connectivity index (χ3n) is 1.50. The van der Waals surface area contributed by atoms with Crippen molar-refractivity contribution in [3.8, 4) is 0 Å². The maximum absolute atomic E-state index is 5.38. The molecular weight excluding hydrogens is 116 g/mol. The van der Waals surface area contributed by atoms with Gasteiger partial charge in [-0.1, -0.05) is 6.92 Å². The van der Waals surface area contributed by atoms with Gasteiger partial charge >= 0.3 is 0 Å². The van der Waals surface area contributed by atoms with Crippen LogP contribution in [0.2, 0.25) is 0 Å². The van der Waals surface area contributed by atoms with Gasteiger partial charge in [-0.15, -0.1) is 0 Å². The molecule has 9 heavy (non-hydrogen) atoms. The standard InChI is InChI=1S/C7H13O2/c1-3-6-5-8-7(4-2)9-6/h6-7H,2-5H2,1H3. The number of ether oxygens (including phenoxy) is 2. The van der Waals surface area contributed by atoms with E-state index in [9.17, 15) is 0 Å². The van der Waals surface area contributed by atoms with Gasteiger partial charge in [0, 0.05) is 0 Å². The fourth-order valence-electron chi connectivity index (χ4n) is 0.873. The van der Waals surface area contributed by atoms with Gasteiger partial charge in [-0.3, -0.25) is 0 Å². The normalized spacial score (nSPS) is 35.3. The Morgan fingerprint density at radius 1 is 1.67 bits per heavy atom. The second-order valence-corrected chi connectivity index (χ2v) is 2.22. The van der Waals surface area contributed by atoms with Crippen LogP contribution in [0.15, 0.2) is 0 Å². The molecule has 2 unspecified atom stereocenters. The lowest BCUT2D eigenvalue weighted by molar-refractivity contribution is -0.0547. The van der Waals surface area contributed by atoms with Gasteiger partial charge in [0.2, 0.25) is 0 Å². The molecule has 2 nitrogen and oxygen atoms in total. The lowest BCUT2D eigenvalue weighted by Gasteiger charge is -2.05. The van der Waals surface area contributed by atoms with Crippen molar-refractivity contribution < 1.29 is 9.47 Å². The van der Waals surface area contributed by atoms with Crippen molar-refractivity contribution in [1.82, 2.24) is 0 Å². The van der Waals surface area contributed by atoms with Crippen molar-refractivity contribution in [3.63, 3.8) is 0 Å². The first-order valence-corrected chi connectivity index (χ1v) is 3.43. The summed E-state index contributed by atoms with van der Waals surface area (Å²) in [6, 6.07) is 0. The molecule has 0 bridgehead atoms. The minimum Gasteiger partial charge on any atom is -0.350 e.